The van der Waals surface area contributed by atoms with Crippen molar-refractivity contribution in [3.8, 4) is 10.8 Å². The summed E-state index contributed by atoms with van der Waals surface area (Å²) in [4.78, 5) is 16.5. The second-order valence-corrected chi connectivity index (χ2v) is 5.91. The van der Waals surface area contributed by atoms with Crippen LogP contribution < -0.4 is 5.32 Å². The summed E-state index contributed by atoms with van der Waals surface area (Å²) in [5.41, 5.74) is 0.660. The molecule has 0 radical (unpaired) electrons. The molecular formula is C16H16N2O4S. The molecule has 0 spiro atoms. The lowest BCUT2D eigenvalue weighted by molar-refractivity contribution is -0.121. The van der Waals surface area contributed by atoms with Crippen LogP contribution in [0.5, 0.6) is 0 Å². The largest absolute Gasteiger partial charge is 0.467 e. The van der Waals surface area contributed by atoms with Gasteiger partial charge in [0.1, 0.15) is 17.6 Å². The second-order valence-electron chi connectivity index (χ2n) is 5.05. The Morgan fingerprint density at radius 1 is 1.43 bits per heavy atom. The van der Waals surface area contributed by atoms with Crippen LogP contribution in [0.2, 0.25) is 0 Å². The van der Waals surface area contributed by atoms with Crippen LogP contribution in [0.4, 0.5) is 0 Å². The van der Waals surface area contributed by atoms with E-state index in [2.05, 4.69) is 10.3 Å². The van der Waals surface area contributed by atoms with Crippen molar-refractivity contribution in [1.29, 1.82) is 0 Å². The third-order valence-electron chi connectivity index (χ3n) is 3.25. The molecule has 0 aliphatic rings. The Kier molecular flexibility index (Phi) is 4.59. The molecule has 1 atom stereocenters. The van der Waals surface area contributed by atoms with E-state index in [4.69, 9.17) is 8.83 Å². The van der Waals surface area contributed by atoms with Crippen molar-refractivity contribution in [3.05, 3.63) is 53.1 Å². The van der Waals surface area contributed by atoms with Gasteiger partial charge in [0.2, 0.25) is 5.91 Å². The number of rotatable bonds is 6. The third-order valence-corrected chi connectivity index (χ3v) is 4.15. The fourth-order valence-electron chi connectivity index (χ4n) is 2.16. The Bertz CT molecular complexity index is 776. The van der Waals surface area contributed by atoms with Crippen LogP contribution in [0.15, 0.2) is 44.7 Å². The van der Waals surface area contributed by atoms with E-state index in [-0.39, 0.29) is 18.9 Å². The van der Waals surface area contributed by atoms with Gasteiger partial charge in [-0.3, -0.25) is 4.79 Å². The van der Waals surface area contributed by atoms with E-state index in [0.29, 0.717) is 17.2 Å². The van der Waals surface area contributed by atoms with E-state index in [0.717, 1.165) is 10.8 Å². The fraction of sp³-hybridized carbons (Fsp3) is 0.250. The number of thiazole rings is 1. The van der Waals surface area contributed by atoms with E-state index in [9.17, 15) is 9.90 Å². The molecule has 0 saturated heterocycles. The van der Waals surface area contributed by atoms with Gasteiger partial charge in [0.25, 0.3) is 0 Å². The molecule has 23 heavy (non-hydrogen) atoms. The molecule has 0 saturated carbocycles. The van der Waals surface area contributed by atoms with Crippen molar-refractivity contribution in [2.75, 3.05) is 6.61 Å². The maximum absolute atomic E-state index is 12.1. The number of aliphatic hydroxyl groups excluding tert-OH is 1. The minimum absolute atomic E-state index is 0.132. The summed E-state index contributed by atoms with van der Waals surface area (Å²) in [6.07, 6.45) is 1.63. The highest BCUT2D eigenvalue weighted by Gasteiger charge is 2.17. The zero-order valence-corrected chi connectivity index (χ0v) is 13.3. The summed E-state index contributed by atoms with van der Waals surface area (Å²) in [6.45, 7) is 1.64. The normalized spacial score (nSPS) is 12.3. The predicted octanol–water partition coefficient (Wildman–Crippen LogP) is 2.70. The number of aliphatic hydroxyl groups is 1. The van der Waals surface area contributed by atoms with Crippen LogP contribution in [0, 0.1) is 6.92 Å². The van der Waals surface area contributed by atoms with E-state index < -0.39 is 6.04 Å². The molecule has 3 aromatic rings. The molecule has 0 aliphatic carbocycles. The lowest BCUT2D eigenvalue weighted by Crippen LogP contribution is -2.31. The van der Waals surface area contributed by atoms with Crippen molar-refractivity contribution in [1.82, 2.24) is 10.3 Å². The Morgan fingerprint density at radius 3 is 2.96 bits per heavy atom. The molecule has 6 nitrogen and oxygen atoms in total. The summed E-state index contributed by atoms with van der Waals surface area (Å²) in [7, 11) is 0. The van der Waals surface area contributed by atoms with Crippen LogP contribution in [-0.2, 0) is 11.2 Å². The van der Waals surface area contributed by atoms with Crippen molar-refractivity contribution < 1.29 is 18.7 Å². The van der Waals surface area contributed by atoms with Crippen molar-refractivity contribution >= 4 is 17.2 Å². The third kappa shape index (κ3) is 3.69. The van der Waals surface area contributed by atoms with Gasteiger partial charge in [-0.25, -0.2) is 4.98 Å². The van der Waals surface area contributed by atoms with Crippen LogP contribution in [0.3, 0.4) is 0 Å². The lowest BCUT2D eigenvalue weighted by Gasteiger charge is -2.13. The number of furan rings is 2. The van der Waals surface area contributed by atoms with Gasteiger partial charge in [-0.05, 0) is 31.2 Å². The number of hydrogen-bond donors (Lipinski definition) is 2. The quantitative estimate of drug-likeness (QED) is 0.724. The number of aromatic nitrogens is 1. The summed E-state index contributed by atoms with van der Waals surface area (Å²) in [6, 6.07) is 6.60. The molecule has 7 heteroatoms. The Balaban J connectivity index is 1.63. The molecule has 0 bridgehead atoms. The zero-order valence-electron chi connectivity index (χ0n) is 12.5. The molecular weight excluding hydrogens is 316 g/mol. The lowest BCUT2D eigenvalue weighted by atomic mass is 10.2. The molecule has 3 rings (SSSR count). The van der Waals surface area contributed by atoms with Crippen molar-refractivity contribution in [2.24, 2.45) is 0 Å². The van der Waals surface area contributed by atoms with Crippen LogP contribution >= 0.6 is 11.3 Å². The Hall–Kier alpha value is -2.38. The summed E-state index contributed by atoms with van der Waals surface area (Å²) >= 11 is 1.43. The first-order valence-corrected chi connectivity index (χ1v) is 7.98. The first kappa shape index (κ1) is 15.5. The highest BCUT2D eigenvalue weighted by atomic mass is 32.1. The van der Waals surface area contributed by atoms with Gasteiger partial charge >= 0.3 is 0 Å². The fourth-order valence-corrected chi connectivity index (χ4v) is 2.94. The van der Waals surface area contributed by atoms with Gasteiger partial charge in [-0.1, -0.05) is 0 Å². The number of nitrogens with zero attached hydrogens (tertiary/aromatic N) is 1. The molecule has 3 heterocycles. The number of nitrogens with one attached hydrogen (secondary N) is 1. The average molecular weight is 332 g/mol. The van der Waals surface area contributed by atoms with Crippen LogP contribution in [0.25, 0.3) is 10.8 Å². The van der Waals surface area contributed by atoms with E-state index >= 15 is 0 Å². The summed E-state index contributed by atoms with van der Waals surface area (Å²) in [5.74, 6) is 1.81. The molecule has 0 aromatic carbocycles. The maximum Gasteiger partial charge on any atom is 0.226 e. The number of aryl methyl sites for hydroxylation is 1. The molecule has 1 amide bonds. The summed E-state index contributed by atoms with van der Waals surface area (Å²) in [5, 5.41) is 14.7. The first-order chi connectivity index (χ1) is 11.2. The van der Waals surface area contributed by atoms with Gasteiger partial charge in [0.05, 0.1) is 25.0 Å². The highest BCUT2D eigenvalue weighted by molar-refractivity contribution is 7.13. The second kappa shape index (κ2) is 6.80. The molecule has 120 valence electrons. The number of carbonyl (C=O) groups excluding carboxylic acids is 1. The van der Waals surface area contributed by atoms with Gasteiger partial charge in [-0.15, -0.1) is 11.3 Å². The number of hydrogen-bond acceptors (Lipinski definition) is 6. The molecule has 0 aliphatic heterocycles. The van der Waals surface area contributed by atoms with Gasteiger partial charge < -0.3 is 19.3 Å². The Morgan fingerprint density at radius 2 is 2.30 bits per heavy atom. The van der Waals surface area contributed by atoms with Gasteiger partial charge in [0, 0.05) is 5.38 Å². The molecule has 0 fully saturated rings. The molecule has 1 unspecified atom stereocenters. The predicted molar refractivity (Wildman–Crippen MR) is 84.9 cm³/mol. The minimum Gasteiger partial charge on any atom is -0.467 e. The highest BCUT2D eigenvalue weighted by Crippen LogP contribution is 2.25. The van der Waals surface area contributed by atoms with Crippen LogP contribution in [0.1, 0.15) is 23.3 Å². The average Bonchev–Trinajstić information content (AvgIpc) is 3.25. The first-order valence-electron chi connectivity index (χ1n) is 7.10. The van der Waals surface area contributed by atoms with E-state index in [1.807, 2.05) is 24.4 Å². The van der Waals surface area contributed by atoms with Crippen LogP contribution in [-0.4, -0.2) is 22.6 Å². The molecule has 2 N–H and O–H groups in total. The number of amides is 1. The Labute approximate surface area is 136 Å². The zero-order chi connectivity index (χ0) is 16.2. The topological polar surface area (TPSA) is 88.5 Å². The maximum atomic E-state index is 12.1. The van der Waals surface area contributed by atoms with Crippen molar-refractivity contribution in [2.45, 2.75) is 19.4 Å². The van der Waals surface area contributed by atoms with E-state index in [1.165, 1.54) is 17.6 Å². The van der Waals surface area contributed by atoms with Gasteiger partial charge in [0.15, 0.2) is 10.8 Å². The van der Waals surface area contributed by atoms with E-state index in [1.54, 1.807) is 12.1 Å². The SMILES string of the molecule is Cc1ccc(-c2nc(CC(=O)NC(CO)c3ccco3)cs2)o1. The monoisotopic (exact) mass is 332 g/mol. The van der Waals surface area contributed by atoms with Crippen molar-refractivity contribution in [3.63, 3.8) is 0 Å². The standard InChI is InChI=1S/C16H16N2O4S/c1-10-4-5-14(22-10)16-17-11(9-23-16)7-15(20)18-12(8-19)13-3-2-6-21-13/h2-6,9,12,19H,7-8H2,1H3,(H,18,20). The minimum atomic E-state index is -0.552. The summed E-state index contributed by atoms with van der Waals surface area (Å²) < 4.78 is 10.7. The number of carbonyl (C=O) groups is 1. The molecule has 3 aromatic heterocycles. The van der Waals surface area contributed by atoms with Gasteiger partial charge in [-0.2, -0.15) is 0 Å². The smallest absolute Gasteiger partial charge is 0.226 e.